The Labute approximate surface area is 146 Å². The summed E-state index contributed by atoms with van der Waals surface area (Å²) in [6, 6.07) is 16.1. The van der Waals surface area contributed by atoms with Crippen molar-refractivity contribution in [3.05, 3.63) is 70.8 Å². The summed E-state index contributed by atoms with van der Waals surface area (Å²) in [5.41, 5.74) is 3.75. The van der Waals surface area contributed by atoms with E-state index in [0.29, 0.717) is 0 Å². The van der Waals surface area contributed by atoms with Crippen molar-refractivity contribution >= 4 is 11.5 Å². The first-order valence-electron chi connectivity index (χ1n) is 9.13. The van der Waals surface area contributed by atoms with Gasteiger partial charge in [-0.05, 0) is 25.3 Å². The Morgan fingerprint density at radius 3 is 2.44 bits per heavy atom. The number of Topliss-reactive ketones (excluding diaryl/α,β-unsaturated/α-hetero) is 1. The molecule has 6 rings (SSSR count). The van der Waals surface area contributed by atoms with Crippen molar-refractivity contribution in [2.24, 2.45) is 5.92 Å². The number of hydrogen-bond donors (Lipinski definition) is 0. The Morgan fingerprint density at radius 2 is 1.56 bits per heavy atom. The van der Waals surface area contributed by atoms with E-state index < -0.39 is 0 Å². The fraction of sp³-hybridized carbons (Fsp3) is 0.318. The highest BCUT2D eigenvalue weighted by Gasteiger charge is 2.54. The van der Waals surface area contributed by atoms with E-state index in [1.807, 2.05) is 42.5 Å². The van der Waals surface area contributed by atoms with Gasteiger partial charge < -0.3 is 9.47 Å². The molecule has 3 nitrogen and oxygen atoms in total. The molecule has 0 spiro atoms. The molecule has 1 saturated carbocycles. The van der Waals surface area contributed by atoms with Gasteiger partial charge >= 0.3 is 0 Å². The van der Waals surface area contributed by atoms with Crippen LogP contribution in [0.2, 0.25) is 0 Å². The van der Waals surface area contributed by atoms with Crippen LogP contribution in [0.3, 0.4) is 0 Å². The van der Waals surface area contributed by atoms with Gasteiger partial charge in [-0.15, -0.1) is 0 Å². The summed E-state index contributed by atoms with van der Waals surface area (Å²) in [7, 11) is 0. The summed E-state index contributed by atoms with van der Waals surface area (Å²) in [5.74, 6) is 2.22. The minimum atomic E-state index is 0.0869. The molecule has 0 bridgehead atoms. The number of hydrogen-bond acceptors (Lipinski definition) is 3. The van der Waals surface area contributed by atoms with E-state index in [-0.39, 0.29) is 29.8 Å². The third-order valence-corrected chi connectivity index (χ3v) is 6.24. The lowest BCUT2D eigenvalue weighted by molar-refractivity contribution is -0.0401. The summed E-state index contributed by atoms with van der Waals surface area (Å²) in [6.07, 6.45) is 3.47. The second-order valence-corrected chi connectivity index (χ2v) is 7.45. The number of ketones is 1. The molecule has 25 heavy (non-hydrogen) atoms. The zero-order valence-electron chi connectivity index (χ0n) is 13.8. The normalized spacial score (nSPS) is 31.3. The molecule has 2 aromatic rings. The molecule has 0 saturated heterocycles. The summed E-state index contributed by atoms with van der Waals surface area (Å²) in [5, 5.41) is 0. The summed E-state index contributed by atoms with van der Waals surface area (Å²) < 4.78 is 12.8. The lowest BCUT2D eigenvalue weighted by Gasteiger charge is -2.49. The molecule has 0 aromatic heterocycles. The van der Waals surface area contributed by atoms with Crippen molar-refractivity contribution in [1.82, 2.24) is 0 Å². The predicted octanol–water partition coefficient (Wildman–Crippen LogP) is 4.34. The maximum Gasteiger partial charge on any atom is 0.194 e. The van der Waals surface area contributed by atoms with E-state index in [9.17, 15) is 4.79 Å². The zero-order valence-corrected chi connectivity index (χ0v) is 13.8. The van der Waals surface area contributed by atoms with E-state index in [1.165, 1.54) is 0 Å². The second kappa shape index (κ2) is 4.75. The SMILES string of the molecule is O=C1C2=C(O[C@H]3CCC[C@H]4Oc5ccccc5[C@H]2[C@@H]34)c2ccccc21. The first-order chi connectivity index (χ1) is 12.3. The molecule has 3 heteroatoms. The predicted molar refractivity (Wildman–Crippen MR) is 93.5 cm³/mol. The molecule has 2 aliphatic carbocycles. The van der Waals surface area contributed by atoms with Gasteiger partial charge in [-0.25, -0.2) is 0 Å². The zero-order chi connectivity index (χ0) is 16.5. The van der Waals surface area contributed by atoms with Crippen LogP contribution in [0, 0.1) is 5.92 Å². The van der Waals surface area contributed by atoms with E-state index >= 15 is 0 Å². The highest BCUT2D eigenvalue weighted by Crippen LogP contribution is 2.57. The molecule has 2 aliphatic heterocycles. The summed E-state index contributed by atoms with van der Waals surface area (Å²) in [4.78, 5) is 13.2. The molecule has 2 aromatic carbocycles. The van der Waals surface area contributed by atoms with Crippen molar-refractivity contribution in [3.63, 3.8) is 0 Å². The Balaban J connectivity index is 1.62. The first kappa shape index (κ1) is 13.7. The van der Waals surface area contributed by atoms with Crippen LogP contribution in [-0.2, 0) is 4.74 Å². The topological polar surface area (TPSA) is 35.5 Å². The van der Waals surface area contributed by atoms with Gasteiger partial charge in [-0.3, -0.25) is 4.79 Å². The van der Waals surface area contributed by atoms with Crippen LogP contribution in [0.5, 0.6) is 5.75 Å². The van der Waals surface area contributed by atoms with Gasteiger partial charge in [0.15, 0.2) is 5.78 Å². The standard InChI is InChI=1S/C22H18O3/c23-21-12-6-1-2-7-13(12)22-20(21)18-14-8-3-4-9-15(14)24-16-10-5-11-17(25-22)19(16)18/h1-4,6-9,16-19H,5,10-11H2/t16-,17+,18+,19-/m1/s1. The fourth-order valence-corrected chi connectivity index (χ4v) is 5.25. The number of carbonyl (C=O) groups is 1. The van der Waals surface area contributed by atoms with Gasteiger partial charge in [0.25, 0.3) is 0 Å². The molecule has 0 radical (unpaired) electrons. The van der Waals surface area contributed by atoms with Crippen LogP contribution in [0.25, 0.3) is 5.76 Å². The highest BCUT2D eigenvalue weighted by atomic mass is 16.5. The van der Waals surface area contributed by atoms with E-state index in [1.54, 1.807) is 0 Å². The minimum Gasteiger partial charge on any atom is -0.490 e. The molecule has 4 atom stereocenters. The molecular formula is C22H18O3. The lowest BCUT2D eigenvalue weighted by atomic mass is 9.67. The molecule has 2 heterocycles. The number of allylic oxidation sites excluding steroid dienone is 1. The average molecular weight is 330 g/mol. The van der Waals surface area contributed by atoms with Crippen molar-refractivity contribution in [2.45, 2.75) is 37.4 Å². The van der Waals surface area contributed by atoms with Crippen molar-refractivity contribution < 1.29 is 14.3 Å². The number of ether oxygens (including phenoxy) is 2. The van der Waals surface area contributed by atoms with Gasteiger partial charge in [0.05, 0.1) is 5.57 Å². The molecule has 0 unspecified atom stereocenters. The fourth-order valence-electron chi connectivity index (χ4n) is 5.25. The van der Waals surface area contributed by atoms with Crippen LogP contribution in [-0.4, -0.2) is 18.0 Å². The maximum atomic E-state index is 13.2. The van der Waals surface area contributed by atoms with Gasteiger partial charge in [-0.1, -0.05) is 42.5 Å². The largest absolute Gasteiger partial charge is 0.490 e. The summed E-state index contributed by atoms with van der Waals surface area (Å²) >= 11 is 0. The molecule has 4 aliphatic rings. The van der Waals surface area contributed by atoms with E-state index in [4.69, 9.17) is 9.47 Å². The Kier molecular flexibility index (Phi) is 2.61. The van der Waals surface area contributed by atoms with Gasteiger partial charge in [0.1, 0.15) is 23.7 Å². The van der Waals surface area contributed by atoms with Crippen molar-refractivity contribution in [2.75, 3.05) is 0 Å². The minimum absolute atomic E-state index is 0.0869. The van der Waals surface area contributed by atoms with Crippen LogP contribution in [0.15, 0.2) is 54.1 Å². The smallest absolute Gasteiger partial charge is 0.194 e. The third-order valence-electron chi connectivity index (χ3n) is 6.24. The van der Waals surface area contributed by atoms with Crippen LogP contribution >= 0.6 is 0 Å². The molecule has 0 N–H and O–H groups in total. The highest BCUT2D eigenvalue weighted by molar-refractivity contribution is 6.20. The average Bonchev–Trinajstić information content (AvgIpc) is 2.94. The molecule has 1 fully saturated rings. The number of rotatable bonds is 0. The third kappa shape index (κ3) is 1.68. The Morgan fingerprint density at radius 1 is 0.840 bits per heavy atom. The number of fused-ring (bicyclic) bond motifs is 5. The number of carbonyl (C=O) groups excluding carboxylic acids is 1. The van der Waals surface area contributed by atoms with E-state index in [2.05, 4.69) is 6.07 Å². The Bertz CT molecular complexity index is 942. The monoisotopic (exact) mass is 330 g/mol. The van der Waals surface area contributed by atoms with Gasteiger partial charge in [0, 0.05) is 28.5 Å². The number of para-hydroxylation sites is 1. The molecular weight excluding hydrogens is 312 g/mol. The van der Waals surface area contributed by atoms with Crippen LogP contribution < -0.4 is 4.74 Å². The van der Waals surface area contributed by atoms with Crippen molar-refractivity contribution in [1.29, 1.82) is 0 Å². The van der Waals surface area contributed by atoms with Gasteiger partial charge in [0.2, 0.25) is 0 Å². The quantitative estimate of drug-likeness (QED) is 0.721. The Hall–Kier alpha value is -2.55. The molecule has 0 amide bonds. The van der Waals surface area contributed by atoms with Crippen molar-refractivity contribution in [3.8, 4) is 5.75 Å². The maximum absolute atomic E-state index is 13.2. The van der Waals surface area contributed by atoms with Crippen LogP contribution in [0.4, 0.5) is 0 Å². The van der Waals surface area contributed by atoms with Crippen LogP contribution in [0.1, 0.15) is 46.7 Å². The first-order valence-corrected chi connectivity index (χ1v) is 9.13. The second-order valence-electron chi connectivity index (χ2n) is 7.45. The molecule has 124 valence electrons. The van der Waals surface area contributed by atoms with E-state index in [0.717, 1.165) is 53.0 Å². The van der Waals surface area contributed by atoms with Gasteiger partial charge in [-0.2, -0.15) is 0 Å². The summed E-state index contributed by atoms with van der Waals surface area (Å²) in [6.45, 7) is 0. The number of benzene rings is 2. The lowest BCUT2D eigenvalue weighted by Crippen LogP contribution is -2.49.